The lowest BCUT2D eigenvalue weighted by Crippen LogP contribution is -2.25. The van der Waals surface area contributed by atoms with E-state index in [0.717, 1.165) is 30.6 Å². The van der Waals surface area contributed by atoms with E-state index in [0.29, 0.717) is 10.0 Å². The molecule has 0 spiro atoms. The molecule has 1 heterocycles. The van der Waals surface area contributed by atoms with E-state index in [9.17, 15) is 0 Å². The molecule has 0 aliphatic carbocycles. The van der Waals surface area contributed by atoms with Gasteiger partial charge in [0, 0.05) is 6.20 Å². The molecule has 0 aliphatic heterocycles. The molecule has 1 unspecified atom stereocenters. The molecular formula is C15H17Cl2N3. The number of aromatic nitrogens is 2. The molecule has 0 saturated carbocycles. The number of nitrogens with zero attached hydrogens (tertiary/aromatic N) is 2. The quantitative estimate of drug-likeness (QED) is 0.874. The Kier molecular flexibility index (Phi) is 5.77. The lowest BCUT2D eigenvalue weighted by Gasteiger charge is -2.18. The van der Waals surface area contributed by atoms with Gasteiger partial charge in [-0.3, -0.25) is 0 Å². The number of nitrogens with one attached hydrogen (secondary N) is 1. The Morgan fingerprint density at radius 1 is 1.20 bits per heavy atom. The maximum absolute atomic E-state index is 6.07. The number of rotatable bonds is 6. The molecule has 5 heteroatoms. The molecule has 1 aromatic carbocycles. The molecule has 0 saturated heterocycles. The summed E-state index contributed by atoms with van der Waals surface area (Å²) >= 11 is 12.0. The zero-order valence-electron chi connectivity index (χ0n) is 11.3. The van der Waals surface area contributed by atoms with E-state index in [1.807, 2.05) is 24.3 Å². The van der Waals surface area contributed by atoms with Gasteiger partial charge in [0.05, 0.1) is 21.8 Å². The highest BCUT2D eigenvalue weighted by Crippen LogP contribution is 2.25. The minimum atomic E-state index is 0.148. The van der Waals surface area contributed by atoms with Crippen molar-refractivity contribution in [1.29, 1.82) is 0 Å². The molecule has 2 aromatic rings. The van der Waals surface area contributed by atoms with Crippen LogP contribution in [0, 0.1) is 0 Å². The van der Waals surface area contributed by atoms with Crippen molar-refractivity contribution in [3.8, 4) is 0 Å². The summed E-state index contributed by atoms with van der Waals surface area (Å²) in [6.07, 6.45) is 5.22. The highest BCUT2D eigenvalue weighted by atomic mass is 35.5. The number of hydrogen-bond acceptors (Lipinski definition) is 3. The van der Waals surface area contributed by atoms with Crippen molar-refractivity contribution in [3.63, 3.8) is 0 Å². The summed E-state index contributed by atoms with van der Waals surface area (Å²) in [4.78, 5) is 8.30. The van der Waals surface area contributed by atoms with Gasteiger partial charge in [-0.25, -0.2) is 9.97 Å². The first-order valence-electron chi connectivity index (χ1n) is 6.64. The monoisotopic (exact) mass is 309 g/mol. The van der Waals surface area contributed by atoms with Crippen LogP contribution >= 0.6 is 23.2 Å². The van der Waals surface area contributed by atoms with Crippen molar-refractivity contribution < 1.29 is 0 Å². The summed E-state index contributed by atoms with van der Waals surface area (Å²) in [6, 6.07) is 7.82. The summed E-state index contributed by atoms with van der Waals surface area (Å²) < 4.78 is 0. The summed E-state index contributed by atoms with van der Waals surface area (Å²) in [7, 11) is 0. The van der Waals surface area contributed by atoms with Crippen molar-refractivity contribution in [3.05, 3.63) is 58.1 Å². The summed E-state index contributed by atoms with van der Waals surface area (Å²) in [5, 5.41) is 4.67. The Morgan fingerprint density at radius 2 is 2.05 bits per heavy atom. The normalized spacial score (nSPS) is 12.3. The van der Waals surface area contributed by atoms with Crippen LogP contribution in [0.3, 0.4) is 0 Å². The van der Waals surface area contributed by atoms with Gasteiger partial charge in [0.2, 0.25) is 0 Å². The SMILES string of the molecule is CCCNC(Cc1ccc(Cl)c(Cl)c1)c1ccncn1. The van der Waals surface area contributed by atoms with Crippen molar-refractivity contribution in [2.75, 3.05) is 6.54 Å². The van der Waals surface area contributed by atoms with Crippen LogP contribution in [-0.4, -0.2) is 16.5 Å². The summed E-state index contributed by atoms with van der Waals surface area (Å²) in [5.41, 5.74) is 2.12. The first-order chi connectivity index (χ1) is 9.70. The van der Waals surface area contributed by atoms with Crippen molar-refractivity contribution in [2.45, 2.75) is 25.8 Å². The Bertz CT molecular complexity index is 546. The molecule has 20 heavy (non-hydrogen) atoms. The first-order valence-corrected chi connectivity index (χ1v) is 7.39. The summed E-state index contributed by atoms with van der Waals surface area (Å²) in [6.45, 7) is 3.08. The molecule has 1 aromatic heterocycles. The van der Waals surface area contributed by atoms with Crippen LogP contribution in [0.25, 0.3) is 0 Å². The van der Waals surface area contributed by atoms with Gasteiger partial charge in [0.15, 0.2) is 0 Å². The van der Waals surface area contributed by atoms with E-state index in [2.05, 4.69) is 22.2 Å². The fourth-order valence-corrected chi connectivity index (χ4v) is 2.33. The van der Waals surface area contributed by atoms with E-state index < -0.39 is 0 Å². The Hall–Kier alpha value is -1.16. The maximum atomic E-state index is 6.07. The van der Waals surface area contributed by atoms with Gasteiger partial charge in [-0.15, -0.1) is 0 Å². The molecular weight excluding hydrogens is 293 g/mol. The van der Waals surface area contributed by atoms with E-state index in [-0.39, 0.29) is 6.04 Å². The molecule has 0 bridgehead atoms. The van der Waals surface area contributed by atoms with Crippen LogP contribution < -0.4 is 5.32 Å². The zero-order chi connectivity index (χ0) is 14.4. The van der Waals surface area contributed by atoms with Crippen molar-refractivity contribution in [2.24, 2.45) is 0 Å². The van der Waals surface area contributed by atoms with Gasteiger partial charge in [-0.1, -0.05) is 36.2 Å². The van der Waals surface area contributed by atoms with Crippen LogP contribution in [0.1, 0.15) is 30.6 Å². The third-order valence-corrected chi connectivity index (χ3v) is 3.77. The van der Waals surface area contributed by atoms with Crippen LogP contribution in [-0.2, 0) is 6.42 Å². The highest BCUT2D eigenvalue weighted by molar-refractivity contribution is 6.42. The molecule has 2 rings (SSSR count). The van der Waals surface area contributed by atoms with E-state index >= 15 is 0 Å². The molecule has 1 N–H and O–H groups in total. The molecule has 3 nitrogen and oxygen atoms in total. The van der Waals surface area contributed by atoms with Gasteiger partial charge in [0.25, 0.3) is 0 Å². The number of halogens is 2. The van der Waals surface area contributed by atoms with Crippen LogP contribution in [0.5, 0.6) is 0 Å². The van der Waals surface area contributed by atoms with Gasteiger partial charge in [-0.2, -0.15) is 0 Å². The zero-order valence-corrected chi connectivity index (χ0v) is 12.8. The predicted molar refractivity (Wildman–Crippen MR) is 83.2 cm³/mol. The van der Waals surface area contributed by atoms with Crippen molar-refractivity contribution >= 4 is 23.2 Å². The third kappa shape index (κ3) is 4.17. The van der Waals surface area contributed by atoms with Crippen LogP contribution in [0.2, 0.25) is 10.0 Å². The second-order valence-corrected chi connectivity index (χ2v) is 5.41. The van der Waals surface area contributed by atoms with Gasteiger partial charge >= 0.3 is 0 Å². The third-order valence-electron chi connectivity index (χ3n) is 3.03. The molecule has 0 amide bonds. The molecule has 0 fully saturated rings. The predicted octanol–water partition coefficient (Wildman–Crippen LogP) is 4.07. The lowest BCUT2D eigenvalue weighted by molar-refractivity contribution is 0.517. The van der Waals surface area contributed by atoms with E-state index in [1.165, 1.54) is 0 Å². The van der Waals surface area contributed by atoms with Crippen LogP contribution in [0.4, 0.5) is 0 Å². The van der Waals surface area contributed by atoms with Gasteiger partial charge in [-0.05, 0) is 43.1 Å². The second-order valence-electron chi connectivity index (χ2n) is 4.59. The molecule has 106 valence electrons. The van der Waals surface area contributed by atoms with E-state index in [4.69, 9.17) is 23.2 Å². The average molecular weight is 310 g/mol. The Morgan fingerprint density at radius 3 is 2.70 bits per heavy atom. The van der Waals surface area contributed by atoms with Gasteiger partial charge < -0.3 is 5.32 Å². The fraction of sp³-hybridized carbons (Fsp3) is 0.333. The maximum Gasteiger partial charge on any atom is 0.115 e. The number of hydrogen-bond donors (Lipinski definition) is 1. The van der Waals surface area contributed by atoms with Crippen LogP contribution in [0.15, 0.2) is 36.8 Å². The Balaban J connectivity index is 2.17. The Labute approximate surface area is 129 Å². The molecule has 0 radical (unpaired) electrons. The van der Waals surface area contributed by atoms with Crippen molar-refractivity contribution in [1.82, 2.24) is 15.3 Å². The summed E-state index contributed by atoms with van der Waals surface area (Å²) in [5.74, 6) is 0. The highest BCUT2D eigenvalue weighted by Gasteiger charge is 2.13. The number of benzene rings is 1. The first kappa shape index (κ1) is 15.2. The minimum Gasteiger partial charge on any atom is -0.308 e. The smallest absolute Gasteiger partial charge is 0.115 e. The fourth-order valence-electron chi connectivity index (χ4n) is 2.01. The topological polar surface area (TPSA) is 37.8 Å². The lowest BCUT2D eigenvalue weighted by atomic mass is 10.0. The molecule has 0 aliphatic rings. The minimum absolute atomic E-state index is 0.148. The second kappa shape index (κ2) is 7.58. The van der Waals surface area contributed by atoms with Gasteiger partial charge in [0.1, 0.15) is 6.33 Å². The molecule has 1 atom stereocenters. The average Bonchev–Trinajstić information content (AvgIpc) is 2.48. The standard InChI is InChI=1S/C15H17Cl2N3/c1-2-6-19-15(14-5-7-18-10-20-14)9-11-3-4-12(16)13(17)8-11/h3-5,7-8,10,15,19H,2,6,9H2,1H3. The largest absolute Gasteiger partial charge is 0.308 e. The van der Waals surface area contributed by atoms with E-state index in [1.54, 1.807) is 12.5 Å².